The van der Waals surface area contributed by atoms with Gasteiger partial charge in [-0.3, -0.25) is 4.90 Å². The Hall–Kier alpha value is -1.43. The van der Waals surface area contributed by atoms with E-state index >= 15 is 0 Å². The highest BCUT2D eigenvalue weighted by atomic mass is 32.1. The Morgan fingerprint density at radius 1 is 1.57 bits per heavy atom. The lowest BCUT2D eigenvalue weighted by Gasteiger charge is -2.35. The maximum Gasteiger partial charge on any atom is 0.0949 e. The van der Waals surface area contributed by atoms with Gasteiger partial charge >= 0.3 is 0 Å². The minimum absolute atomic E-state index is 0.267. The minimum atomic E-state index is 0.267. The van der Waals surface area contributed by atoms with E-state index < -0.39 is 0 Å². The number of aryl methyl sites for hydroxylation is 1. The van der Waals surface area contributed by atoms with Crippen LogP contribution in [0.3, 0.4) is 0 Å². The quantitative estimate of drug-likeness (QED) is 0.607. The topological polar surface area (TPSA) is 30.3 Å². The lowest BCUT2D eigenvalue weighted by atomic mass is 10.0. The third-order valence-corrected chi connectivity index (χ3v) is 4.77. The van der Waals surface area contributed by atoms with Crippen molar-refractivity contribution in [3.8, 4) is 0 Å². The van der Waals surface area contributed by atoms with E-state index in [-0.39, 0.29) is 6.04 Å². The lowest BCUT2D eigenvalue weighted by molar-refractivity contribution is 0.0592. The number of aromatic nitrogens is 2. The number of imidazole rings is 1. The van der Waals surface area contributed by atoms with Crippen molar-refractivity contribution in [2.75, 3.05) is 19.8 Å². The Morgan fingerprint density at radius 2 is 2.48 bits per heavy atom. The molecule has 0 saturated carbocycles. The molecule has 5 heteroatoms. The summed E-state index contributed by atoms with van der Waals surface area (Å²) in [5, 5.41) is 2.14. The van der Waals surface area contributed by atoms with Crippen LogP contribution in [0.1, 0.15) is 22.3 Å². The number of thiophene rings is 1. The summed E-state index contributed by atoms with van der Waals surface area (Å²) in [6.45, 7) is 7.01. The number of fused-ring (bicyclic) bond motifs is 1. The van der Waals surface area contributed by atoms with Gasteiger partial charge in [0.25, 0.3) is 0 Å². The summed E-state index contributed by atoms with van der Waals surface area (Å²) < 4.78 is 7.89. The molecule has 1 aliphatic rings. The van der Waals surface area contributed by atoms with E-state index in [0.29, 0.717) is 13.2 Å². The van der Waals surface area contributed by atoms with Crippen molar-refractivity contribution < 1.29 is 4.74 Å². The Bertz CT molecular complexity index is 591. The molecule has 0 radical (unpaired) electrons. The van der Waals surface area contributed by atoms with Gasteiger partial charge in [0.1, 0.15) is 0 Å². The zero-order valence-corrected chi connectivity index (χ0v) is 13.2. The number of hydrogen-bond donors (Lipinski definition) is 0. The zero-order valence-electron chi connectivity index (χ0n) is 12.4. The van der Waals surface area contributed by atoms with Crippen molar-refractivity contribution in [3.05, 3.63) is 52.8 Å². The number of nitrogens with zero attached hydrogens (tertiary/aromatic N) is 3. The van der Waals surface area contributed by atoms with Gasteiger partial charge in [-0.2, -0.15) is 0 Å². The number of ether oxygens (including phenoxy) is 1. The first-order chi connectivity index (χ1) is 10.3. The van der Waals surface area contributed by atoms with Crippen LogP contribution in [0.15, 0.2) is 36.5 Å². The van der Waals surface area contributed by atoms with Gasteiger partial charge in [-0.15, -0.1) is 17.9 Å². The number of hydrogen-bond acceptors (Lipinski definition) is 4. The summed E-state index contributed by atoms with van der Waals surface area (Å²) in [4.78, 5) is 8.43. The largest absolute Gasteiger partial charge is 0.375 e. The van der Waals surface area contributed by atoms with Gasteiger partial charge in [0, 0.05) is 31.4 Å². The molecule has 0 aromatic carbocycles. The van der Waals surface area contributed by atoms with Crippen molar-refractivity contribution >= 4 is 11.3 Å². The van der Waals surface area contributed by atoms with Crippen LogP contribution in [0.4, 0.5) is 0 Å². The molecule has 0 aliphatic carbocycles. The Kier molecular flexibility index (Phi) is 4.53. The third kappa shape index (κ3) is 3.10. The molecule has 112 valence electrons. The summed E-state index contributed by atoms with van der Waals surface area (Å²) in [7, 11) is 2.07. The summed E-state index contributed by atoms with van der Waals surface area (Å²) in [6, 6.07) is 4.58. The molecule has 4 nitrogen and oxygen atoms in total. The van der Waals surface area contributed by atoms with Gasteiger partial charge in [-0.05, 0) is 11.4 Å². The predicted octanol–water partition coefficient (Wildman–Crippen LogP) is 2.78. The maximum absolute atomic E-state index is 5.76. The summed E-state index contributed by atoms with van der Waals surface area (Å²) in [5.41, 5.74) is 2.51. The van der Waals surface area contributed by atoms with Crippen LogP contribution in [0.25, 0.3) is 0 Å². The van der Waals surface area contributed by atoms with E-state index in [1.165, 1.54) is 16.3 Å². The molecule has 2 aromatic rings. The SMILES string of the molecule is C=CCOC[C@@H]1c2c(ncn2C)CCN1Cc1cccs1. The molecule has 3 heterocycles. The van der Waals surface area contributed by atoms with Gasteiger partial charge in [-0.25, -0.2) is 4.98 Å². The van der Waals surface area contributed by atoms with Crippen LogP contribution in [-0.2, 0) is 24.8 Å². The fourth-order valence-corrected chi connectivity index (χ4v) is 3.66. The van der Waals surface area contributed by atoms with E-state index in [1.807, 2.05) is 17.7 Å². The predicted molar refractivity (Wildman–Crippen MR) is 85.4 cm³/mol. The molecule has 3 rings (SSSR count). The van der Waals surface area contributed by atoms with Gasteiger partial charge in [-0.1, -0.05) is 12.1 Å². The van der Waals surface area contributed by atoms with Gasteiger partial charge < -0.3 is 9.30 Å². The molecule has 1 aliphatic heterocycles. The first-order valence-electron chi connectivity index (χ1n) is 7.24. The van der Waals surface area contributed by atoms with E-state index in [0.717, 1.165) is 19.5 Å². The molecule has 0 fully saturated rings. The standard InChI is InChI=1S/C16H21N3OS/c1-3-8-20-11-15-16-14(17-12-18(16)2)6-7-19(15)10-13-5-4-9-21-13/h3-5,9,12,15H,1,6-8,10-11H2,2H3/t15-/m1/s1. The van der Waals surface area contributed by atoms with Crippen molar-refractivity contribution in [1.29, 1.82) is 0 Å². The number of rotatable bonds is 6. The summed E-state index contributed by atoms with van der Waals surface area (Å²) in [5.74, 6) is 0. The molecular weight excluding hydrogens is 282 g/mol. The Balaban J connectivity index is 1.81. The minimum Gasteiger partial charge on any atom is -0.375 e. The van der Waals surface area contributed by atoms with Crippen LogP contribution in [0.2, 0.25) is 0 Å². The van der Waals surface area contributed by atoms with Crippen molar-refractivity contribution in [3.63, 3.8) is 0 Å². The first kappa shape index (κ1) is 14.5. The van der Waals surface area contributed by atoms with E-state index in [4.69, 9.17) is 4.74 Å². The van der Waals surface area contributed by atoms with Gasteiger partial charge in [0.05, 0.1) is 37.0 Å². The van der Waals surface area contributed by atoms with Crippen LogP contribution in [0.5, 0.6) is 0 Å². The molecule has 0 unspecified atom stereocenters. The highest BCUT2D eigenvalue weighted by Crippen LogP contribution is 2.31. The normalized spacial score (nSPS) is 18.6. The van der Waals surface area contributed by atoms with Crippen molar-refractivity contribution in [2.45, 2.75) is 19.0 Å². The maximum atomic E-state index is 5.76. The summed E-state index contributed by atoms with van der Waals surface area (Å²) >= 11 is 1.81. The Labute approximate surface area is 129 Å². The zero-order chi connectivity index (χ0) is 14.7. The molecule has 0 amide bonds. The van der Waals surface area contributed by atoms with Gasteiger partial charge in [0.2, 0.25) is 0 Å². The van der Waals surface area contributed by atoms with Crippen LogP contribution in [-0.4, -0.2) is 34.2 Å². The van der Waals surface area contributed by atoms with Crippen molar-refractivity contribution in [1.82, 2.24) is 14.5 Å². The fourth-order valence-electron chi connectivity index (χ4n) is 2.93. The van der Waals surface area contributed by atoms with Crippen LogP contribution >= 0.6 is 11.3 Å². The Morgan fingerprint density at radius 3 is 3.24 bits per heavy atom. The smallest absolute Gasteiger partial charge is 0.0949 e. The highest BCUT2D eigenvalue weighted by molar-refractivity contribution is 7.09. The van der Waals surface area contributed by atoms with E-state index in [2.05, 4.69) is 45.6 Å². The summed E-state index contributed by atoms with van der Waals surface area (Å²) in [6.07, 6.45) is 4.73. The lowest BCUT2D eigenvalue weighted by Crippen LogP contribution is -2.38. The molecule has 1 atom stereocenters. The molecule has 2 aromatic heterocycles. The molecule has 21 heavy (non-hydrogen) atoms. The van der Waals surface area contributed by atoms with E-state index in [9.17, 15) is 0 Å². The second-order valence-corrected chi connectivity index (χ2v) is 6.36. The molecule has 0 bridgehead atoms. The second-order valence-electron chi connectivity index (χ2n) is 5.33. The van der Waals surface area contributed by atoms with Gasteiger partial charge in [0.15, 0.2) is 0 Å². The molecule has 0 N–H and O–H groups in total. The first-order valence-corrected chi connectivity index (χ1v) is 8.12. The molecule has 0 saturated heterocycles. The third-order valence-electron chi connectivity index (χ3n) is 3.91. The monoisotopic (exact) mass is 303 g/mol. The second kappa shape index (κ2) is 6.56. The highest BCUT2D eigenvalue weighted by Gasteiger charge is 2.30. The fraction of sp³-hybridized carbons (Fsp3) is 0.438. The molecular formula is C16H21N3OS. The van der Waals surface area contributed by atoms with Crippen LogP contribution < -0.4 is 0 Å². The molecule has 0 spiro atoms. The van der Waals surface area contributed by atoms with Crippen LogP contribution in [0, 0.1) is 0 Å². The average molecular weight is 303 g/mol. The van der Waals surface area contributed by atoms with Crippen molar-refractivity contribution in [2.24, 2.45) is 7.05 Å². The van der Waals surface area contributed by atoms with E-state index in [1.54, 1.807) is 6.08 Å². The average Bonchev–Trinajstić information content (AvgIpc) is 3.11.